The van der Waals surface area contributed by atoms with Gasteiger partial charge in [-0.2, -0.15) is 0 Å². The minimum atomic E-state index is -0.330. The molecule has 1 atom stereocenters. The Kier molecular flexibility index (Phi) is 6.09. The summed E-state index contributed by atoms with van der Waals surface area (Å²) in [6.45, 7) is 1.98. The molecule has 0 bridgehead atoms. The van der Waals surface area contributed by atoms with E-state index in [0.717, 1.165) is 44.2 Å². The lowest BCUT2D eigenvalue weighted by Crippen LogP contribution is -2.37. The van der Waals surface area contributed by atoms with Crippen LogP contribution < -0.4 is 10.9 Å². The minimum absolute atomic E-state index is 0.0223. The van der Waals surface area contributed by atoms with Crippen LogP contribution in [0, 0.1) is 0 Å². The molecule has 1 aliphatic carbocycles. The number of hydrogen-bond donors (Lipinski definition) is 1. The zero-order valence-electron chi connectivity index (χ0n) is 16.8. The molecule has 0 radical (unpaired) electrons. The average molecular weight is 410 g/mol. The van der Waals surface area contributed by atoms with Gasteiger partial charge in [0.15, 0.2) is 4.96 Å². The third kappa shape index (κ3) is 4.42. The van der Waals surface area contributed by atoms with Crippen LogP contribution in [-0.2, 0) is 19.3 Å². The van der Waals surface area contributed by atoms with Gasteiger partial charge < -0.3 is 5.32 Å². The normalized spacial score (nSPS) is 15.3. The van der Waals surface area contributed by atoms with E-state index in [4.69, 9.17) is 0 Å². The van der Waals surface area contributed by atoms with E-state index in [9.17, 15) is 9.59 Å². The van der Waals surface area contributed by atoms with Crippen molar-refractivity contribution in [2.45, 2.75) is 64.3 Å². The Morgan fingerprint density at radius 2 is 1.93 bits per heavy atom. The van der Waals surface area contributed by atoms with Gasteiger partial charge in [0.05, 0.1) is 0 Å². The summed E-state index contributed by atoms with van der Waals surface area (Å²) >= 11 is 1.60. The number of benzene rings is 1. The van der Waals surface area contributed by atoms with Crippen LogP contribution in [-0.4, -0.2) is 21.3 Å². The largest absolute Gasteiger partial charge is 0.349 e. The van der Waals surface area contributed by atoms with Crippen molar-refractivity contribution < 1.29 is 4.79 Å². The van der Waals surface area contributed by atoms with Crippen molar-refractivity contribution in [3.63, 3.8) is 0 Å². The molecule has 0 aliphatic heterocycles. The molecule has 5 nitrogen and oxygen atoms in total. The number of nitrogens with zero attached hydrogens (tertiary/aromatic N) is 2. The van der Waals surface area contributed by atoms with Gasteiger partial charge in [-0.25, -0.2) is 4.98 Å². The molecule has 1 aromatic carbocycles. The maximum Gasteiger partial charge on any atom is 0.271 e. The van der Waals surface area contributed by atoms with Gasteiger partial charge in [-0.05, 0) is 51.0 Å². The summed E-state index contributed by atoms with van der Waals surface area (Å²) in [6.07, 6.45) is 9.70. The Balaban J connectivity index is 1.52. The van der Waals surface area contributed by atoms with Crippen molar-refractivity contribution in [1.82, 2.24) is 14.7 Å². The van der Waals surface area contributed by atoms with E-state index in [-0.39, 0.29) is 23.1 Å². The molecule has 1 N–H and O–H groups in total. The smallest absolute Gasteiger partial charge is 0.271 e. The molecule has 0 unspecified atom stereocenters. The monoisotopic (exact) mass is 409 g/mol. The van der Waals surface area contributed by atoms with Crippen LogP contribution in [0.5, 0.6) is 0 Å². The Labute approximate surface area is 174 Å². The van der Waals surface area contributed by atoms with Gasteiger partial charge in [0.2, 0.25) is 0 Å². The molecule has 3 aromatic rings. The molecular weight excluding hydrogens is 382 g/mol. The number of carbonyl (C=O) groups is 1. The number of fused-ring (bicyclic) bond motifs is 3. The summed E-state index contributed by atoms with van der Waals surface area (Å²) in [5.74, 6) is -0.330. The molecule has 0 saturated carbocycles. The molecule has 6 heteroatoms. The number of nitrogens with one attached hydrogen (secondary N) is 1. The first-order valence-electron chi connectivity index (χ1n) is 10.5. The summed E-state index contributed by atoms with van der Waals surface area (Å²) in [5, 5.41) is 2.98. The molecule has 1 amide bonds. The lowest BCUT2D eigenvalue weighted by Gasteiger charge is -2.14. The number of aromatic nitrogens is 2. The number of rotatable bonds is 5. The Bertz CT molecular complexity index is 1060. The van der Waals surface area contributed by atoms with Crippen molar-refractivity contribution >= 4 is 22.2 Å². The molecular formula is C23H27N3O2S. The summed E-state index contributed by atoms with van der Waals surface area (Å²) in [7, 11) is 0. The molecule has 4 rings (SSSR count). The van der Waals surface area contributed by atoms with Crippen LogP contribution in [0.2, 0.25) is 0 Å². The summed E-state index contributed by atoms with van der Waals surface area (Å²) in [6, 6.07) is 10.2. The fourth-order valence-electron chi connectivity index (χ4n) is 3.98. The lowest BCUT2D eigenvalue weighted by atomic mass is 10.0. The van der Waals surface area contributed by atoms with E-state index in [1.807, 2.05) is 25.1 Å². The van der Waals surface area contributed by atoms with Gasteiger partial charge in [0, 0.05) is 22.8 Å². The molecule has 0 saturated heterocycles. The molecule has 2 heterocycles. The Morgan fingerprint density at radius 1 is 1.17 bits per heavy atom. The van der Waals surface area contributed by atoms with Crippen LogP contribution in [0.15, 0.2) is 41.3 Å². The van der Waals surface area contributed by atoms with Gasteiger partial charge in [-0.15, -0.1) is 11.3 Å². The number of amides is 1. The number of thiazole rings is 1. The molecule has 2 aromatic heterocycles. The van der Waals surface area contributed by atoms with Gasteiger partial charge in [-0.1, -0.05) is 43.2 Å². The van der Waals surface area contributed by atoms with Gasteiger partial charge in [0.25, 0.3) is 11.5 Å². The zero-order chi connectivity index (χ0) is 20.2. The highest BCUT2D eigenvalue weighted by molar-refractivity contribution is 7.17. The van der Waals surface area contributed by atoms with E-state index in [1.54, 1.807) is 15.7 Å². The first kappa shape index (κ1) is 19.8. The molecule has 0 spiro atoms. The highest BCUT2D eigenvalue weighted by Crippen LogP contribution is 2.27. The maximum atomic E-state index is 13.1. The van der Waals surface area contributed by atoms with Gasteiger partial charge in [-0.3, -0.25) is 14.0 Å². The van der Waals surface area contributed by atoms with Crippen molar-refractivity contribution in [3.8, 4) is 0 Å². The second kappa shape index (κ2) is 8.91. The third-order valence-electron chi connectivity index (χ3n) is 5.63. The molecule has 0 fully saturated rings. The van der Waals surface area contributed by atoms with Crippen LogP contribution in [0.1, 0.15) is 65.5 Å². The topological polar surface area (TPSA) is 63.5 Å². The van der Waals surface area contributed by atoms with Gasteiger partial charge in [0.1, 0.15) is 5.56 Å². The number of aryl methyl sites for hydroxylation is 3. The van der Waals surface area contributed by atoms with Crippen LogP contribution in [0.4, 0.5) is 0 Å². The number of carbonyl (C=O) groups excluding carboxylic acids is 1. The minimum Gasteiger partial charge on any atom is -0.349 e. The lowest BCUT2D eigenvalue weighted by molar-refractivity contribution is 0.0936. The Hall–Kier alpha value is -2.47. The second-order valence-electron chi connectivity index (χ2n) is 7.88. The van der Waals surface area contributed by atoms with E-state index in [2.05, 4.69) is 22.4 Å². The van der Waals surface area contributed by atoms with Gasteiger partial charge >= 0.3 is 0 Å². The average Bonchev–Trinajstić information content (AvgIpc) is 3.04. The van der Waals surface area contributed by atoms with E-state index in [0.29, 0.717) is 4.96 Å². The maximum absolute atomic E-state index is 13.1. The highest BCUT2D eigenvalue weighted by atomic mass is 32.1. The van der Waals surface area contributed by atoms with Crippen LogP contribution in [0.25, 0.3) is 4.96 Å². The van der Waals surface area contributed by atoms with Crippen molar-refractivity contribution in [3.05, 3.63) is 68.6 Å². The third-order valence-corrected chi connectivity index (χ3v) is 6.79. The van der Waals surface area contributed by atoms with Crippen LogP contribution >= 0.6 is 11.3 Å². The van der Waals surface area contributed by atoms with Crippen molar-refractivity contribution in [1.29, 1.82) is 0 Å². The van der Waals surface area contributed by atoms with Crippen molar-refractivity contribution in [2.75, 3.05) is 0 Å². The SMILES string of the molecule is C[C@@H](CCc1ccccc1)NC(=O)c1cnc2sc3c(n2c1=O)CCCCCC3. The predicted octanol–water partition coefficient (Wildman–Crippen LogP) is 4.17. The summed E-state index contributed by atoms with van der Waals surface area (Å²) in [5.41, 5.74) is 2.21. The van der Waals surface area contributed by atoms with Crippen molar-refractivity contribution in [2.24, 2.45) is 0 Å². The second-order valence-corrected chi connectivity index (χ2v) is 8.94. The summed E-state index contributed by atoms with van der Waals surface area (Å²) < 4.78 is 1.69. The first-order valence-corrected chi connectivity index (χ1v) is 11.3. The first-order chi connectivity index (χ1) is 14.1. The van der Waals surface area contributed by atoms with E-state index < -0.39 is 0 Å². The Morgan fingerprint density at radius 3 is 2.72 bits per heavy atom. The van der Waals surface area contributed by atoms with E-state index >= 15 is 0 Å². The standard InChI is InChI=1S/C23H27N3O2S/c1-16(13-14-17-9-5-4-6-10-17)25-21(27)18-15-24-23-26(22(18)28)19-11-7-2-3-8-12-20(19)29-23/h4-6,9-10,15-16H,2-3,7-8,11-14H2,1H3,(H,25,27)/t16-/m0/s1. The summed E-state index contributed by atoms with van der Waals surface area (Å²) in [4.78, 5) is 32.3. The number of hydrogen-bond acceptors (Lipinski definition) is 4. The van der Waals surface area contributed by atoms with Crippen LogP contribution in [0.3, 0.4) is 0 Å². The molecule has 29 heavy (non-hydrogen) atoms. The van der Waals surface area contributed by atoms with E-state index in [1.165, 1.54) is 29.5 Å². The highest BCUT2D eigenvalue weighted by Gasteiger charge is 2.21. The molecule has 1 aliphatic rings. The quantitative estimate of drug-likeness (QED) is 0.688. The zero-order valence-corrected chi connectivity index (χ0v) is 17.6. The fourth-order valence-corrected chi connectivity index (χ4v) is 5.15. The molecule has 152 valence electrons. The predicted molar refractivity (Wildman–Crippen MR) is 117 cm³/mol. The fraction of sp³-hybridized carbons (Fsp3) is 0.435.